The third kappa shape index (κ3) is 2.50. The van der Waals surface area contributed by atoms with Gasteiger partial charge in [-0.1, -0.05) is 13.3 Å². The van der Waals surface area contributed by atoms with Gasteiger partial charge >= 0.3 is 0 Å². The van der Waals surface area contributed by atoms with Gasteiger partial charge in [0.15, 0.2) is 5.82 Å². The minimum Gasteiger partial charge on any atom is -0.280 e. The van der Waals surface area contributed by atoms with Gasteiger partial charge in [-0.2, -0.15) is 5.10 Å². The number of sulfonamides is 1. The van der Waals surface area contributed by atoms with Crippen LogP contribution in [0.4, 0.5) is 5.82 Å². The molecule has 1 heterocycles. The van der Waals surface area contributed by atoms with Crippen molar-refractivity contribution in [3.05, 3.63) is 11.8 Å². The first-order valence-electron chi connectivity index (χ1n) is 5.17. The Morgan fingerprint density at radius 1 is 1.60 bits per heavy atom. The van der Waals surface area contributed by atoms with Gasteiger partial charge in [0.25, 0.3) is 0 Å². The number of aromatic amines is 1. The van der Waals surface area contributed by atoms with Gasteiger partial charge < -0.3 is 0 Å². The van der Waals surface area contributed by atoms with Crippen molar-refractivity contribution in [1.82, 2.24) is 10.2 Å². The van der Waals surface area contributed by atoms with Gasteiger partial charge in [-0.25, -0.2) is 8.42 Å². The number of nitrogens with zero attached hydrogens (tertiary/aromatic N) is 1. The van der Waals surface area contributed by atoms with Crippen molar-refractivity contribution in [3.63, 3.8) is 0 Å². The van der Waals surface area contributed by atoms with Crippen molar-refractivity contribution in [1.29, 1.82) is 0 Å². The molecular formula is C9H15N3O2S. The molecule has 6 heteroatoms. The molecule has 0 aliphatic heterocycles. The predicted octanol–water partition coefficient (Wildman–Crippen LogP) is 1.27. The zero-order valence-corrected chi connectivity index (χ0v) is 9.47. The van der Waals surface area contributed by atoms with Crippen LogP contribution in [0.5, 0.6) is 0 Å². The van der Waals surface area contributed by atoms with Crippen LogP contribution in [0.25, 0.3) is 0 Å². The molecule has 0 bridgehead atoms. The number of aryl methyl sites for hydroxylation is 1. The zero-order valence-electron chi connectivity index (χ0n) is 8.66. The second-order valence-corrected chi connectivity index (χ2v) is 5.84. The lowest BCUT2D eigenvalue weighted by Gasteiger charge is -2.01. The van der Waals surface area contributed by atoms with E-state index < -0.39 is 10.0 Å². The van der Waals surface area contributed by atoms with Gasteiger partial charge in [-0.05, 0) is 19.3 Å². The van der Waals surface area contributed by atoms with E-state index in [1.807, 2.05) is 0 Å². The first-order valence-corrected chi connectivity index (χ1v) is 6.72. The summed E-state index contributed by atoms with van der Waals surface area (Å²) in [5.41, 5.74) is 0.964. The maximum Gasteiger partial charge on any atom is 0.236 e. The number of anilines is 1. The summed E-state index contributed by atoms with van der Waals surface area (Å²) >= 11 is 0. The fourth-order valence-electron chi connectivity index (χ4n) is 1.42. The lowest BCUT2D eigenvalue weighted by molar-refractivity contribution is 0.600. The standard InChI is InChI=1S/C9H15N3O2S/c1-2-3-7-6-9(11-10-7)12-15(13,14)8-4-5-8/h6,8H,2-5H2,1H3,(H2,10,11,12). The van der Waals surface area contributed by atoms with Gasteiger partial charge in [0.1, 0.15) is 0 Å². The Morgan fingerprint density at radius 3 is 2.93 bits per heavy atom. The van der Waals surface area contributed by atoms with Gasteiger partial charge in [-0.15, -0.1) is 0 Å². The molecule has 84 valence electrons. The summed E-state index contributed by atoms with van der Waals surface area (Å²) in [6, 6.07) is 1.75. The average molecular weight is 229 g/mol. The van der Waals surface area contributed by atoms with Crippen molar-refractivity contribution in [2.45, 2.75) is 37.9 Å². The van der Waals surface area contributed by atoms with Crippen LogP contribution in [0.15, 0.2) is 6.07 Å². The van der Waals surface area contributed by atoms with Crippen molar-refractivity contribution in [3.8, 4) is 0 Å². The molecule has 0 saturated heterocycles. The van der Waals surface area contributed by atoms with Crippen LogP contribution in [0.2, 0.25) is 0 Å². The molecule has 0 unspecified atom stereocenters. The molecule has 1 aliphatic carbocycles. The SMILES string of the molecule is CCCc1cc(NS(=O)(=O)C2CC2)n[nH]1. The summed E-state index contributed by atoms with van der Waals surface area (Å²) in [7, 11) is -3.17. The number of aromatic nitrogens is 2. The van der Waals surface area contributed by atoms with Crippen LogP contribution < -0.4 is 4.72 Å². The lowest BCUT2D eigenvalue weighted by Crippen LogP contribution is -2.17. The molecule has 1 saturated carbocycles. The Balaban J connectivity index is 2.04. The van der Waals surface area contributed by atoms with E-state index in [2.05, 4.69) is 21.8 Å². The van der Waals surface area contributed by atoms with Crippen molar-refractivity contribution < 1.29 is 8.42 Å². The minimum atomic E-state index is -3.17. The van der Waals surface area contributed by atoms with Crippen molar-refractivity contribution >= 4 is 15.8 Å². The summed E-state index contributed by atoms with van der Waals surface area (Å²) in [5.74, 6) is 0.408. The van der Waals surface area contributed by atoms with Crippen LogP contribution in [-0.2, 0) is 16.4 Å². The summed E-state index contributed by atoms with van der Waals surface area (Å²) < 4.78 is 25.6. The van der Waals surface area contributed by atoms with Gasteiger partial charge in [0.2, 0.25) is 10.0 Å². The highest BCUT2D eigenvalue weighted by Crippen LogP contribution is 2.29. The van der Waals surface area contributed by atoms with Gasteiger partial charge in [-0.3, -0.25) is 9.82 Å². The quantitative estimate of drug-likeness (QED) is 0.798. The first kappa shape index (κ1) is 10.5. The Morgan fingerprint density at radius 2 is 2.33 bits per heavy atom. The zero-order chi connectivity index (χ0) is 10.9. The van der Waals surface area contributed by atoms with Crippen molar-refractivity contribution in [2.75, 3.05) is 4.72 Å². The van der Waals surface area contributed by atoms with E-state index in [0.717, 1.165) is 31.4 Å². The maximum absolute atomic E-state index is 11.6. The molecule has 0 amide bonds. The molecule has 0 radical (unpaired) electrons. The molecule has 5 nitrogen and oxygen atoms in total. The van der Waals surface area contributed by atoms with Crippen LogP contribution in [0.1, 0.15) is 31.9 Å². The molecule has 1 aromatic rings. The molecular weight excluding hydrogens is 214 g/mol. The Kier molecular flexibility index (Phi) is 2.68. The minimum absolute atomic E-state index is 0.205. The molecule has 1 aliphatic rings. The second kappa shape index (κ2) is 3.84. The molecule has 1 aromatic heterocycles. The molecule has 2 rings (SSSR count). The monoisotopic (exact) mass is 229 g/mol. The van der Waals surface area contributed by atoms with Crippen LogP contribution in [0.3, 0.4) is 0 Å². The fraction of sp³-hybridized carbons (Fsp3) is 0.667. The number of H-pyrrole nitrogens is 1. The van der Waals surface area contributed by atoms with E-state index in [1.165, 1.54) is 0 Å². The lowest BCUT2D eigenvalue weighted by atomic mass is 10.2. The highest BCUT2D eigenvalue weighted by atomic mass is 32.2. The summed E-state index contributed by atoms with van der Waals surface area (Å²) in [5, 5.41) is 6.52. The summed E-state index contributed by atoms with van der Waals surface area (Å²) in [6.07, 6.45) is 3.43. The van der Waals surface area contributed by atoms with E-state index in [9.17, 15) is 8.42 Å². The Labute approximate surface area is 89.3 Å². The predicted molar refractivity (Wildman–Crippen MR) is 58.1 cm³/mol. The summed E-state index contributed by atoms with van der Waals surface area (Å²) in [4.78, 5) is 0. The van der Waals surface area contributed by atoms with Crippen LogP contribution in [-0.4, -0.2) is 23.9 Å². The molecule has 0 atom stereocenters. The second-order valence-electron chi connectivity index (χ2n) is 3.87. The number of nitrogens with one attached hydrogen (secondary N) is 2. The highest BCUT2D eigenvalue weighted by Gasteiger charge is 2.36. The van der Waals surface area contributed by atoms with E-state index >= 15 is 0 Å². The topological polar surface area (TPSA) is 74.8 Å². The Bertz CT molecular complexity index is 434. The van der Waals surface area contributed by atoms with E-state index in [0.29, 0.717) is 5.82 Å². The molecule has 0 aromatic carbocycles. The first-order chi connectivity index (χ1) is 7.12. The van der Waals surface area contributed by atoms with Crippen LogP contribution >= 0.6 is 0 Å². The molecule has 2 N–H and O–H groups in total. The third-order valence-electron chi connectivity index (χ3n) is 2.36. The number of rotatable bonds is 5. The smallest absolute Gasteiger partial charge is 0.236 e. The normalized spacial score (nSPS) is 16.6. The average Bonchev–Trinajstić information content (AvgIpc) is 2.92. The molecule has 15 heavy (non-hydrogen) atoms. The summed E-state index contributed by atoms with van der Waals surface area (Å²) in [6.45, 7) is 2.06. The van der Waals surface area contributed by atoms with Crippen molar-refractivity contribution in [2.24, 2.45) is 0 Å². The van der Waals surface area contributed by atoms with Crippen LogP contribution in [0, 0.1) is 0 Å². The van der Waals surface area contributed by atoms with E-state index in [1.54, 1.807) is 6.07 Å². The number of hydrogen-bond acceptors (Lipinski definition) is 3. The van der Waals surface area contributed by atoms with Gasteiger partial charge in [0, 0.05) is 11.8 Å². The molecule has 1 fully saturated rings. The largest absolute Gasteiger partial charge is 0.280 e. The Hall–Kier alpha value is -1.04. The fourth-order valence-corrected chi connectivity index (χ4v) is 2.74. The highest BCUT2D eigenvalue weighted by molar-refractivity contribution is 7.93. The van der Waals surface area contributed by atoms with Gasteiger partial charge in [0.05, 0.1) is 5.25 Å². The number of hydrogen-bond donors (Lipinski definition) is 2. The molecule has 0 spiro atoms. The third-order valence-corrected chi connectivity index (χ3v) is 4.20. The van der Waals surface area contributed by atoms with E-state index in [-0.39, 0.29) is 5.25 Å². The van der Waals surface area contributed by atoms with E-state index in [4.69, 9.17) is 0 Å². The maximum atomic E-state index is 11.6.